The van der Waals surface area contributed by atoms with Crippen molar-refractivity contribution < 1.29 is 4.79 Å². The van der Waals surface area contributed by atoms with Gasteiger partial charge in [0.1, 0.15) is 0 Å². The fourth-order valence-electron chi connectivity index (χ4n) is 1.64. The molecule has 0 unspecified atom stereocenters. The Labute approximate surface area is 124 Å². The zero-order valence-electron chi connectivity index (χ0n) is 9.29. The van der Waals surface area contributed by atoms with Crippen LogP contribution in [0.25, 0.3) is 0 Å². The van der Waals surface area contributed by atoms with Gasteiger partial charge in [-0.2, -0.15) is 0 Å². The molecule has 18 heavy (non-hydrogen) atoms. The molecule has 0 spiro atoms. The maximum Gasteiger partial charge on any atom is 0.168 e. The number of benzene rings is 2. The van der Waals surface area contributed by atoms with E-state index in [1.807, 2.05) is 12.1 Å². The maximum atomic E-state index is 12.2. The van der Waals surface area contributed by atoms with Crippen molar-refractivity contribution in [3.63, 3.8) is 0 Å². The van der Waals surface area contributed by atoms with Crippen molar-refractivity contribution in [1.82, 2.24) is 0 Å². The molecule has 1 nitrogen and oxygen atoms in total. The molecule has 4 heteroatoms. The molecule has 0 aliphatic heterocycles. The Hall–Kier alpha value is -0.830. The van der Waals surface area contributed by atoms with E-state index in [2.05, 4.69) is 15.9 Å². The van der Waals surface area contributed by atoms with Crippen LogP contribution in [-0.2, 0) is 6.42 Å². The first-order chi connectivity index (χ1) is 8.56. The molecule has 2 aromatic rings. The molecule has 2 rings (SSSR count). The highest BCUT2D eigenvalue weighted by atomic mass is 79.9. The number of rotatable bonds is 3. The fraction of sp³-hybridized carbons (Fsp3) is 0.0714. The Morgan fingerprint density at radius 2 is 1.89 bits per heavy atom. The predicted molar refractivity (Wildman–Crippen MR) is 78.6 cm³/mol. The van der Waals surface area contributed by atoms with Crippen LogP contribution < -0.4 is 0 Å². The van der Waals surface area contributed by atoms with E-state index < -0.39 is 0 Å². The van der Waals surface area contributed by atoms with Crippen LogP contribution in [0.1, 0.15) is 15.9 Å². The van der Waals surface area contributed by atoms with Gasteiger partial charge in [0.05, 0.1) is 5.02 Å². The van der Waals surface area contributed by atoms with E-state index >= 15 is 0 Å². The topological polar surface area (TPSA) is 17.1 Å². The monoisotopic (exact) mass is 342 g/mol. The Morgan fingerprint density at radius 3 is 2.61 bits per heavy atom. The number of carbonyl (C=O) groups is 1. The van der Waals surface area contributed by atoms with Crippen molar-refractivity contribution in [1.29, 1.82) is 0 Å². The lowest BCUT2D eigenvalue weighted by Crippen LogP contribution is -2.04. The molecule has 0 atom stereocenters. The highest BCUT2D eigenvalue weighted by Gasteiger charge is 2.11. The standard InChI is InChI=1S/C14H9BrCl2O/c15-10-4-5-13(17)12(8-10)14(18)7-9-2-1-3-11(16)6-9/h1-6,8H,7H2. The van der Waals surface area contributed by atoms with Crippen molar-refractivity contribution in [2.45, 2.75) is 6.42 Å². The Kier molecular flexibility index (Phi) is 4.44. The number of Topliss-reactive ketones (excluding diaryl/α,β-unsaturated/α-hetero) is 1. The highest BCUT2D eigenvalue weighted by Crippen LogP contribution is 2.23. The molecule has 0 saturated heterocycles. The number of ketones is 1. The zero-order valence-corrected chi connectivity index (χ0v) is 12.4. The van der Waals surface area contributed by atoms with Gasteiger partial charge in [0.25, 0.3) is 0 Å². The maximum absolute atomic E-state index is 12.2. The molecule has 0 aromatic heterocycles. The van der Waals surface area contributed by atoms with Crippen LogP contribution in [0, 0.1) is 0 Å². The van der Waals surface area contributed by atoms with E-state index in [-0.39, 0.29) is 12.2 Å². The summed E-state index contributed by atoms with van der Waals surface area (Å²) in [7, 11) is 0. The van der Waals surface area contributed by atoms with Gasteiger partial charge in [-0.05, 0) is 35.9 Å². The molecule has 0 aliphatic rings. The van der Waals surface area contributed by atoms with Crippen molar-refractivity contribution in [2.75, 3.05) is 0 Å². The summed E-state index contributed by atoms with van der Waals surface area (Å²) in [6.07, 6.45) is 0.288. The summed E-state index contributed by atoms with van der Waals surface area (Å²) >= 11 is 15.2. The van der Waals surface area contributed by atoms with Gasteiger partial charge in [0.2, 0.25) is 0 Å². The molecule has 92 valence electrons. The molecule has 0 saturated carbocycles. The molecule has 0 amide bonds. The second-order valence-electron chi connectivity index (χ2n) is 3.85. The van der Waals surface area contributed by atoms with Gasteiger partial charge in [-0.15, -0.1) is 0 Å². The number of hydrogen-bond donors (Lipinski definition) is 0. The second kappa shape index (κ2) is 5.87. The average Bonchev–Trinajstić information content (AvgIpc) is 2.32. The Balaban J connectivity index is 2.24. The van der Waals surface area contributed by atoms with E-state index in [1.165, 1.54) is 0 Å². The molecular weight excluding hydrogens is 335 g/mol. The first kappa shape index (κ1) is 13.6. The minimum Gasteiger partial charge on any atom is -0.294 e. The van der Waals surface area contributed by atoms with E-state index in [1.54, 1.807) is 30.3 Å². The third kappa shape index (κ3) is 3.35. The third-order valence-electron chi connectivity index (χ3n) is 2.48. The van der Waals surface area contributed by atoms with Crippen LogP contribution in [0.3, 0.4) is 0 Å². The first-order valence-electron chi connectivity index (χ1n) is 5.29. The number of halogens is 3. The molecule has 0 radical (unpaired) electrons. The van der Waals surface area contributed by atoms with Gasteiger partial charge in [0, 0.05) is 21.5 Å². The quantitative estimate of drug-likeness (QED) is 0.701. The van der Waals surface area contributed by atoms with Crippen LogP contribution >= 0.6 is 39.1 Å². The first-order valence-corrected chi connectivity index (χ1v) is 6.84. The van der Waals surface area contributed by atoms with Crippen LogP contribution in [0.5, 0.6) is 0 Å². The number of hydrogen-bond acceptors (Lipinski definition) is 1. The van der Waals surface area contributed by atoms with E-state index in [0.29, 0.717) is 15.6 Å². The number of carbonyl (C=O) groups excluding carboxylic acids is 1. The largest absolute Gasteiger partial charge is 0.294 e. The molecule has 0 heterocycles. The second-order valence-corrected chi connectivity index (χ2v) is 5.61. The predicted octanol–water partition coefficient (Wildman–Crippen LogP) is 5.18. The van der Waals surface area contributed by atoms with Gasteiger partial charge in [-0.3, -0.25) is 4.79 Å². The molecule has 0 N–H and O–H groups in total. The summed E-state index contributed by atoms with van der Waals surface area (Å²) in [6.45, 7) is 0. The lowest BCUT2D eigenvalue weighted by Gasteiger charge is -2.05. The average molecular weight is 344 g/mol. The summed E-state index contributed by atoms with van der Waals surface area (Å²) in [4.78, 5) is 12.2. The summed E-state index contributed by atoms with van der Waals surface area (Å²) in [5.74, 6) is -0.0245. The molecule has 0 fully saturated rings. The molecule has 2 aromatic carbocycles. The molecular formula is C14H9BrCl2O. The zero-order chi connectivity index (χ0) is 13.1. The summed E-state index contributed by atoms with van der Waals surface area (Å²) in [5.41, 5.74) is 1.40. The summed E-state index contributed by atoms with van der Waals surface area (Å²) in [6, 6.07) is 12.5. The van der Waals surface area contributed by atoms with Crippen molar-refractivity contribution in [3.8, 4) is 0 Å². The van der Waals surface area contributed by atoms with Gasteiger partial charge < -0.3 is 0 Å². The summed E-state index contributed by atoms with van der Waals surface area (Å²) < 4.78 is 0.835. The van der Waals surface area contributed by atoms with Crippen molar-refractivity contribution in [2.24, 2.45) is 0 Å². The SMILES string of the molecule is O=C(Cc1cccc(Cl)c1)c1cc(Br)ccc1Cl. The van der Waals surface area contributed by atoms with Crippen LogP contribution in [0.15, 0.2) is 46.9 Å². The van der Waals surface area contributed by atoms with Gasteiger partial charge in [0.15, 0.2) is 5.78 Å². The minimum absolute atomic E-state index is 0.0245. The van der Waals surface area contributed by atoms with Crippen molar-refractivity contribution >= 4 is 44.9 Å². The summed E-state index contributed by atoms with van der Waals surface area (Å²) in [5, 5.41) is 1.09. The van der Waals surface area contributed by atoms with Crippen LogP contribution in [-0.4, -0.2) is 5.78 Å². The molecule has 0 aliphatic carbocycles. The lowest BCUT2D eigenvalue weighted by molar-refractivity contribution is 0.0993. The van der Waals surface area contributed by atoms with Gasteiger partial charge >= 0.3 is 0 Å². The van der Waals surface area contributed by atoms with E-state index in [9.17, 15) is 4.79 Å². The lowest BCUT2D eigenvalue weighted by atomic mass is 10.0. The van der Waals surface area contributed by atoms with Gasteiger partial charge in [-0.1, -0.05) is 51.3 Å². The highest BCUT2D eigenvalue weighted by molar-refractivity contribution is 9.10. The fourth-order valence-corrected chi connectivity index (χ4v) is 2.44. The third-order valence-corrected chi connectivity index (χ3v) is 3.54. The smallest absolute Gasteiger partial charge is 0.168 e. The molecule has 0 bridgehead atoms. The van der Waals surface area contributed by atoms with Gasteiger partial charge in [-0.25, -0.2) is 0 Å². The Morgan fingerprint density at radius 1 is 1.11 bits per heavy atom. The van der Waals surface area contributed by atoms with E-state index in [4.69, 9.17) is 23.2 Å². The minimum atomic E-state index is -0.0245. The van der Waals surface area contributed by atoms with Crippen LogP contribution in [0.4, 0.5) is 0 Å². The van der Waals surface area contributed by atoms with Crippen LogP contribution in [0.2, 0.25) is 10.0 Å². The normalized spacial score (nSPS) is 10.4. The Bertz CT molecular complexity index is 596. The van der Waals surface area contributed by atoms with E-state index in [0.717, 1.165) is 10.0 Å². The van der Waals surface area contributed by atoms with Crippen molar-refractivity contribution in [3.05, 3.63) is 68.1 Å².